The van der Waals surface area contributed by atoms with Crippen LogP contribution in [0.1, 0.15) is 30.6 Å². The fourth-order valence-corrected chi connectivity index (χ4v) is 3.36. The molecule has 2 rings (SSSR count). The summed E-state index contributed by atoms with van der Waals surface area (Å²) < 4.78 is 17.9. The summed E-state index contributed by atoms with van der Waals surface area (Å²) in [6.45, 7) is 3.19. The molecule has 6 heteroatoms. The molecule has 0 aliphatic heterocycles. The zero-order valence-electron chi connectivity index (χ0n) is 17.7. The highest BCUT2D eigenvalue weighted by atomic mass is 79.9. The average Bonchev–Trinajstić information content (AvgIpc) is 2.78. The van der Waals surface area contributed by atoms with Crippen molar-refractivity contribution in [3.05, 3.63) is 58.1 Å². The normalized spacial score (nSPS) is 10.9. The molecule has 0 fully saturated rings. The number of methoxy groups -OCH3 is 1. The fraction of sp³-hybridized carbons (Fsp3) is 0.320. The lowest BCUT2D eigenvalue weighted by Gasteiger charge is -2.20. The molecule has 0 amide bonds. The maximum Gasteiger partial charge on any atom is 0.162 e. The topological polar surface area (TPSA) is 39.7 Å². The quantitative estimate of drug-likeness (QED) is 0.363. The van der Waals surface area contributed by atoms with Crippen LogP contribution in [-0.2, 0) is 11.2 Å². The summed E-state index contributed by atoms with van der Waals surface area (Å²) in [7, 11) is 1.61. The minimum Gasteiger partial charge on any atom is -0.493 e. The van der Waals surface area contributed by atoms with Gasteiger partial charge in [-0.25, -0.2) is 0 Å². The van der Waals surface area contributed by atoms with Crippen LogP contribution in [-0.4, -0.2) is 31.9 Å². The minimum atomic E-state index is -0.358. The molecule has 31 heavy (non-hydrogen) atoms. The molecule has 0 heterocycles. The van der Waals surface area contributed by atoms with Crippen LogP contribution in [0, 0.1) is 24.2 Å². The Hall–Kier alpha value is -2.51. The van der Waals surface area contributed by atoms with Crippen LogP contribution in [0.25, 0.3) is 0 Å². The molecule has 1 unspecified atom stereocenters. The van der Waals surface area contributed by atoms with Gasteiger partial charge in [0, 0.05) is 17.4 Å². The molecule has 0 bridgehead atoms. The summed E-state index contributed by atoms with van der Waals surface area (Å²) >= 11 is 9.10. The van der Waals surface area contributed by atoms with Crippen LogP contribution in [0.15, 0.2) is 46.9 Å². The molecule has 0 spiro atoms. The van der Waals surface area contributed by atoms with E-state index >= 15 is 0 Å². The maximum absolute atomic E-state index is 5.98. The number of hydrogen-bond acceptors (Lipinski definition) is 4. The first-order chi connectivity index (χ1) is 15.1. The lowest BCUT2D eigenvalue weighted by Crippen LogP contribution is -2.31. The third kappa shape index (κ3) is 8.26. The first kappa shape index (κ1) is 24.8. The van der Waals surface area contributed by atoms with E-state index in [1.807, 2.05) is 49.4 Å². The number of nitrogens with one attached hydrogen (secondary N) is 1. The Morgan fingerprint density at radius 2 is 1.90 bits per heavy atom. The predicted octanol–water partition coefficient (Wildman–Crippen LogP) is 5.10. The third-order valence-corrected chi connectivity index (χ3v) is 5.17. The van der Waals surface area contributed by atoms with Crippen LogP contribution in [0.2, 0.25) is 0 Å². The Balaban J connectivity index is 2.00. The summed E-state index contributed by atoms with van der Waals surface area (Å²) in [5.41, 5.74) is 2.07. The summed E-state index contributed by atoms with van der Waals surface area (Å²) in [5.74, 6) is 9.76. The molecule has 2 aromatic carbocycles. The molecular formula is C25H26BrNO3S. The number of benzene rings is 2. The van der Waals surface area contributed by atoms with Crippen molar-refractivity contribution in [2.45, 2.75) is 25.9 Å². The van der Waals surface area contributed by atoms with Crippen molar-refractivity contribution in [1.82, 2.24) is 5.32 Å². The van der Waals surface area contributed by atoms with Gasteiger partial charge in [-0.15, -0.1) is 12.3 Å². The Labute approximate surface area is 198 Å². The highest BCUT2D eigenvalue weighted by Gasteiger charge is 2.17. The van der Waals surface area contributed by atoms with Gasteiger partial charge in [0.15, 0.2) is 11.5 Å². The lowest BCUT2D eigenvalue weighted by atomic mass is 10.1. The zero-order valence-corrected chi connectivity index (χ0v) is 20.1. The van der Waals surface area contributed by atoms with Crippen molar-refractivity contribution in [1.29, 1.82) is 0 Å². The Morgan fingerprint density at radius 3 is 2.58 bits per heavy atom. The molecular weight excluding hydrogens is 474 g/mol. The molecule has 2 aromatic rings. The second kappa shape index (κ2) is 13.7. The number of thiocarbonyl (C=S) groups is 1. The first-order valence-electron chi connectivity index (χ1n) is 9.92. The van der Waals surface area contributed by atoms with Gasteiger partial charge >= 0.3 is 0 Å². The molecule has 162 valence electrons. The van der Waals surface area contributed by atoms with Gasteiger partial charge in [0.25, 0.3) is 0 Å². The van der Waals surface area contributed by atoms with Crippen molar-refractivity contribution in [2.24, 2.45) is 0 Å². The van der Waals surface area contributed by atoms with Gasteiger partial charge in [0.2, 0.25) is 0 Å². The minimum absolute atomic E-state index is 0.200. The van der Waals surface area contributed by atoms with Crippen LogP contribution >= 0.6 is 28.1 Å². The second-order valence-electron chi connectivity index (χ2n) is 6.47. The second-order valence-corrected chi connectivity index (χ2v) is 7.82. The Kier molecular flexibility index (Phi) is 11.0. The molecule has 1 atom stereocenters. The van der Waals surface area contributed by atoms with Crippen molar-refractivity contribution < 1.29 is 14.2 Å². The van der Waals surface area contributed by atoms with E-state index in [9.17, 15) is 0 Å². The molecule has 0 aliphatic rings. The number of terminal acetylenes is 1. The standard InChI is InChI=1S/C25H26BrNO3S/c1-4-6-7-17-30-24(20-9-11-21(26)12-10-20)25(31)27-15-14-19-8-13-22(29-16-5-2)23(18-19)28-3/h2,8-13,18,24H,4,14-17H2,1,3H3,(H,27,31). The van der Waals surface area contributed by atoms with Gasteiger partial charge in [-0.2, -0.15) is 0 Å². The number of rotatable bonds is 10. The SMILES string of the molecule is C#CCOc1ccc(CCNC(=S)C(OCC#CCC)c2ccc(Br)cc2)cc1OC. The monoisotopic (exact) mass is 499 g/mol. The largest absolute Gasteiger partial charge is 0.493 e. The van der Waals surface area contributed by atoms with Crippen molar-refractivity contribution >= 4 is 33.1 Å². The number of ether oxygens (including phenoxy) is 3. The van der Waals surface area contributed by atoms with Crippen molar-refractivity contribution in [3.63, 3.8) is 0 Å². The third-order valence-electron chi connectivity index (χ3n) is 4.29. The molecule has 0 aromatic heterocycles. The van der Waals surface area contributed by atoms with E-state index in [0.717, 1.165) is 28.4 Å². The maximum atomic E-state index is 5.98. The summed E-state index contributed by atoms with van der Waals surface area (Å²) in [5, 5.41) is 3.32. The average molecular weight is 500 g/mol. The van der Waals surface area contributed by atoms with Gasteiger partial charge < -0.3 is 19.5 Å². The fourth-order valence-electron chi connectivity index (χ4n) is 2.79. The first-order valence-corrected chi connectivity index (χ1v) is 11.1. The molecule has 0 aliphatic carbocycles. The highest BCUT2D eigenvalue weighted by Crippen LogP contribution is 2.28. The molecule has 1 N–H and O–H groups in total. The molecule has 4 nitrogen and oxygen atoms in total. The zero-order chi connectivity index (χ0) is 22.5. The van der Waals surface area contributed by atoms with Gasteiger partial charge in [-0.1, -0.05) is 65.1 Å². The number of hydrogen-bond donors (Lipinski definition) is 1. The van der Waals surface area contributed by atoms with Crippen molar-refractivity contribution in [2.75, 3.05) is 26.9 Å². The summed E-state index contributed by atoms with van der Waals surface area (Å²) in [6, 6.07) is 13.7. The Morgan fingerprint density at radius 1 is 1.13 bits per heavy atom. The van der Waals surface area contributed by atoms with Crippen molar-refractivity contribution in [3.8, 4) is 35.7 Å². The molecule has 0 radical (unpaired) electrons. The summed E-state index contributed by atoms with van der Waals surface area (Å²) in [4.78, 5) is 0.626. The predicted molar refractivity (Wildman–Crippen MR) is 133 cm³/mol. The smallest absolute Gasteiger partial charge is 0.162 e. The van der Waals surface area contributed by atoms with E-state index in [1.54, 1.807) is 7.11 Å². The van der Waals surface area contributed by atoms with Gasteiger partial charge in [0.05, 0.1) is 7.11 Å². The Bertz CT molecular complexity index is 957. The van der Waals surface area contributed by atoms with E-state index in [1.165, 1.54) is 0 Å². The van der Waals surface area contributed by atoms with Crippen LogP contribution in [0.3, 0.4) is 0 Å². The summed E-state index contributed by atoms with van der Waals surface area (Å²) in [6.07, 6.45) is 6.45. The number of halogens is 1. The van der Waals surface area contributed by atoms with E-state index in [0.29, 0.717) is 29.6 Å². The van der Waals surface area contributed by atoms with Crippen LogP contribution < -0.4 is 14.8 Å². The van der Waals surface area contributed by atoms with Gasteiger partial charge in [0.1, 0.15) is 24.3 Å². The van der Waals surface area contributed by atoms with Gasteiger partial charge in [-0.3, -0.25) is 0 Å². The molecule has 0 saturated carbocycles. The van der Waals surface area contributed by atoms with Crippen LogP contribution in [0.4, 0.5) is 0 Å². The van der Waals surface area contributed by atoms with E-state index in [-0.39, 0.29) is 12.7 Å². The lowest BCUT2D eigenvalue weighted by molar-refractivity contribution is 0.127. The van der Waals surface area contributed by atoms with E-state index < -0.39 is 0 Å². The molecule has 0 saturated heterocycles. The van der Waals surface area contributed by atoms with Gasteiger partial charge in [-0.05, 0) is 41.8 Å². The van der Waals surface area contributed by atoms with E-state index in [2.05, 4.69) is 39.0 Å². The van der Waals surface area contributed by atoms with E-state index in [4.69, 9.17) is 32.9 Å². The highest BCUT2D eigenvalue weighted by molar-refractivity contribution is 9.10. The van der Waals surface area contributed by atoms with Crippen LogP contribution in [0.5, 0.6) is 11.5 Å².